The summed E-state index contributed by atoms with van der Waals surface area (Å²) in [5.74, 6) is -1.93. The number of amides is 1. The van der Waals surface area contributed by atoms with Gasteiger partial charge >= 0.3 is 5.97 Å². The molecule has 0 radical (unpaired) electrons. The molecule has 17 heavy (non-hydrogen) atoms. The van der Waals surface area contributed by atoms with Crippen molar-refractivity contribution in [3.05, 3.63) is 28.5 Å². The van der Waals surface area contributed by atoms with Crippen LogP contribution in [0.2, 0.25) is 0 Å². The molecule has 1 aromatic heterocycles. The number of hydrogen-bond acceptors (Lipinski definition) is 3. The van der Waals surface area contributed by atoms with E-state index in [4.69, 9.17) is 5.11 Å². The molecule has 6 heteroatoms. The lowest BCUT2D eigenvalue weighted by molar-refractivity contribution is -0.141. The zero-order chi connectivity index (χ0) is 13.0. The fourth-order valence-electron chi connectivity index (χ4n) is 1.18. The average molecular weight is 301 g/mol. The monoisotopic (exact) mass is 300 g/mol. The van der Waals surface area contributed by atoms with Crippen molar-refractivity contribution in [2.75, 3.05) is 0 Å². The normalized spacial score (nSPS) is 13.8. The Labute approximate surface area is 107 Å². The van der Waals surface area contributed by atoms with Gasteiger partial charge in [-0.3, -0.25) is 9.59 Å². The number of halogens is 1. The SMILES string of the molecule is CC(NC(=O)c1cccnc1Br)C(C)C(=O)O. The molecule has 0 aromatic carbocycles. The molecule has 2 atom stereocenters. The van der Waals surface area contributed by atoms with Crippen molar-refractivity contribution in [1.82, 2.24) is 10.3 Å². The van der Waals surface area contributed by atoms with Gasteiger partial charge in [-0.15, -0.1) is 0 Å². The molecule has 1 amide bonds. The summed E-state index contributed by atoms with van der Waals surface area (Å²) >= 11 is 3.16. The van der Waals surface area contributed by atoms with Crippen molar-refractivity contribution >= 4 is 27.8 Å². The molecule has 0 fully saturated rings. The van der Waals surface area contributed by atoms with Crippen LogP contribution in [0.4, 0.5) is 0 Å². The number of pyridine rings is 1. The molecule has 1 heterocycles. The van der Waals surface area contributed by atoms with Crippen molar-refractivity contribution in [3.63, 3.8) is 0 Å². The first-order chi connectivity index (χ1) is 7.93. The third-order valence-corrected chi connectivity index (χ3v) is 3.13. The molecule has 0 bridgehead atoms. The third-order valence-electron chi connectivity index (χ3n) is 2.50. The average Bonchev–Trinajstić information content (AvgIpc) is 2.28. The van der Waals surface area contributed by atoms with E-state index in [1.165, 1.54) is 0 Å². The number of carbonyl (C=O) groups is 2. The van der Waals surface area contributed by atoms with Gasteiger partial charge in [-0.05, 0) is 41.9 Å². The van der Waals surface area contributed by atoms with Crippen molar-refractivity contribution < 1.29 is 14.7 Å². The fourth-order valence-corrected chi connectivity index (χ4v) is 1.61. The Bertz CT molecular complexity index is 436. The van der Waals surface area contributed by atoms with Crippen molar-refractivity contribution in [3.8, 4) is 0 Å². The number of carboxylic acids is 1. The number of hydrogen-bond donors (Lipinski definition) is 2. The Kier molecular flexibility index (Phi) is 4.62. The first-order valence-corrected chi connectivity index (χ1v) is 5.87. The summed E-state index contributed by atoms with van der Waals surface area (Å²) in [5.41, 5.74) is 0.386. The molecule has 0 saturated heterocycles. The van der Waals surface area contributed by atoms with Gasteiger partial charge in [-0.25, -0.2) is 4.98 Å². The second kappa shape index (κ2) is 5.77. The number of aliphatic carboxylic acids is 1. The lowest BCUT2D eigenvalue weighted by Gasteiger charge is -2.17. The minimum Gasteiger partial charge on any atom is -0.481 e. The first kappa shape index (κ1) is 13.6. The van der Waals surface area contributed by atoms with Gasteiger partial charge in [0.2, 0.25) is 0 Å². The number of aromatic nitrogens is 1. The Balaban J connectivity index is 2.74. The zero-order valence-electron chi connectivity index (χ0n) is 9.48. The van der Waals surface area contributed by atoms with Crippen molar-refractivity contribution in [1.29, 1.82) is 0 Å². The van der Waals surface area contributed by atoms with E-state index in [9.17, 15) is 9.59 Å². The van der Waals surface area contributed by atoms with E-state index in [2.05, 4.69) is 26.2 Å². The Morgan fingerprint density at radius 2 is 2.12 bits per heavy atom. The van der Waals surface area contributed by atoms with Gasteiger partial charge < -0.3 is 10.4 Å². The van der Waals surface area contributed by atoms with Crippen LogP contribution in [0.1, 0.15) is 24.2 Å². The molecule has 0 aliphatic rings. The Morgan fingerprint density at radius 3 is 2.65 bits per heavy atom. The van der Waals surface area contributed by atoms with Crippen LogP contribution in [0.3, 0.4) is 0 Å². The summed E-state index contributed by atoms with van der Waals surface area (Å²) < 4.78 is 0.438. The van der Waals surface area contributed by atoms with Crippen molar-refractivity contribution in [2.24, 2.45) is 5.92 Å². The third kappa shape index (κ3) is 3.52. The highest BCUT2D eigenvalue weighted by atomic mass is 79.9. The molecule has 0 spiro atoms. The molecule has 2 N–H and O–H groups in total. The van der Waals surface area contributed by atoms with Crippen LogP contribution >= 0.6 is 15.9 Å². The molecule has 5 nitrogen and oxygen atoms in total. The quantitative estimate of drug-likeness (QED) is 0.829. The maximum atomic E-state index is 11.8. The highest BCUT2D eigenvalue weighted by molar-refractivity contribution is 9.10. The Hall–Kier alpha value is -1.43. The van der Waals surface area contributed by atoms with E-state index < -0.39 is 17.9 Å². The van der Waals surface area contributed by atoms with Crippen LogP contribution in [0.15, 0.2) is 22.9 Å². The van der Waals surface area contributed by atoms with Gasteiger partial charge in [-0.1, -0.05) is 0 Å². The minimum absolute atomic E-state index is 0.342. The van der Waals surface area contributed by atoms with Gasteiger partial charge in [-0.2, -0.15) is 0 Å². The van der Waals surface area contributed by atoms with Gasteiger partial charge in [0, 0.05) is 12.2 Å². The summed E-state index contributed by atoms with van der Waals surface area (Å²) in [6.07, 6.45) is 1.56. The molecule has 0 aliphatic heterocycles. The van der Waals surface area contributed by atoms with E-state index in [0.717, 1.165) is 0 Å². The fraction of sp³-hybridized carbons (Fsp3) is 0.364. The largest absolute Gasteiger partial charge is 0.481 e. The van der Waals surface area contributed by atoms with Crippen molar-refractivity contribution in [2.45, 2.75) is 19.9 Å². The van der Waals surface area contributed by atoms with E-state index in [1.807, 2.05) is 0 Å². The molecule has 0 aliphatic carbocycles. The van der Waals surface area contributed by atoms with Gasteiger partial charge in [0.25, 0.3) is 5.91 Å². The lowest BCUT2D eigenvalue weighted by Crippen LogP contribution is -2.40. The maximum absolute atomic E-state index is 11.8. The molecular weight excluding hydrogens is 288 g/mol. The predicted molar refractivity (Wildman–Crippen MR) is 65.7 cm³/mol. The molecule has 0 saturated carbocycles. The summed E-state index contributed by atoms with van der Waals surface area (Å²) in [5, 5.41) is 11.4. The van der Waals surface area contributed by atoms with Crippen LogP contribution in [0, 0.1) is 5.92 Å². The number of carbonyl (C=O) groups excluding carboxylic acids is 1. The van der Waals surface area contributed by atoms with Gasteiger partial charge in [0.05, 0.1) is 11.5 Å². The van der Waals surface area contributed by atoms with Gasteiger partial charge in [0.1, 0.15) is 4.60 Å². The van der Waals surface area contributed by atoms with Gasteiger partial charge in [0.15, 0.2) is 0 Å². The number of nitrogens with one attached hydrogen (secondary N) is 1. The highest BCUT2D eigenvalue weighted by Gasteiger charge is 2.22. The van der Waals surface area contributed by atoms with E-state index >= 15 is 0 Å². The topological polar surface area (TPSA) is 79.3 Å². The smallest absolute Gasteiger partial charge is 0.308 e. The van der Waals surface area contributed by atoms with E-state index in [1.54, 1.807) is 32.2 Å². The zero-order valence-corrected chi connectivity index (χ0v) is 11.1. The lowest BCUT2D eigenvalue weighted by atomic mass is 10.0. The summed E-state index contributed by atoms with van der Waals surface area (Å²) in [6, 6.07) is 2.81. The van der Waals surface area contributed by atoms with E-state index in [-0.39, 0.29) is 5.91 Å². The minimum atomic E-state index is -0.942. The number of rotatable bonds is 4. The second-order valence-electron chi connectivity index (χ2n) is 3.73. The molecule has 92 valence electrons. The highest BCUT2D eigenvalue weighted by Crippen LogP contribution is 2.13. The van der Waals surface area contributed by atoms with E-state index in [0.29, 0.717) is 10.2 Å². The molecule has 1 aromatic rings. The van der Waals surface area contributed by atoms with Crippen LogP contribution in [0.25, 0.3) is 0 Å². The van der Waals surface area contributed by atoms with Crippen LogP contribution in [0.5, 0.6) is 0 Å². The summed E-state index contributed by atoms with van der Waals surface area (Å²) in [4.78, 5) is 26.5. The maximum Gasteiger partial charge on any atom is 0.308 e. The molecule has 2 unspecified atom stereocenters. The number of nitrogens with zero attached hydrogens (tertiary/aromatic N) is 1. The van der Waals surface area contributed by atoms with Crippen LogP contribution in [-0.2, 0) is 4.79 Å². The summed E-state index contributed by atoms with van der Waals surface area (Å²) in [6.45, 7) is 3.20. The standard InChI is InChI=1S/C11H13BrN2O3/c1-6(11(16)17)7(2)14-10(15)8-4-3-5-13-9(8)12/h3-7H,1-2H3,(H,14,15)(H,16,17). The predicted octanol–water partition coefficient (Wildman–Crippen LogP) is 1.68. The first-order valence-electron chi connectivity index (χ1n) is 5.07. The second-order valence-corrected chi connectivity index (χ2v) is 4.48. The molecular formula is C11H13BrN2O3. The number of carboxylic acid groups (broad SMARTS) is 1. The summed E-state index contributed by atoms with van der Waals surface area (Å²) in [7, 11) is 0. The molecule has 1 rings (SSSR count). The Morgan fingerprint density at radius 1 is 1.47 bits per heavy atom. The van der Waals surface area contributed by atoms with Crippen LogP contribution in [-0.4, -0.2) is 28.0 Å². The van der Waals surface area contributed by atoms with Crippen LogP contribution < -0.4 is 5.32 Å².